The number of rotatable bonds is 7. The van der Waals surface area contributed by atoms with Crippen molar-refractivity contribution < 1.29 is 14.7 Å². The van der Waals surface area contributed by atoms with Crippen LogP contribution in [0.25, 0.3) is 10.9 Å². The minimum atomic E-state index is -1.13. The number of carboxylic acids is 1. The van der Waals surface area contributed by atoms with Crippen molar-refractivity contribution in [3.8, 4) is 0 Å². The SMILES string of the molecule is C[C@@H](NC(=O)CSc1nc2ccccc2c(=O)n1CC(=O)O)C1CC1. The van der Waals surface area contributed by atoms with Gasteiger partial charge in [0.15, 0.2) is 5.16 Å². The van der Waals surface area contributed by atoms with Gasteiger partial charge in [-0.3, -0.25) is 19.0 Å². The van der Waals surface area contributed by atoms with E-state index in [1.54, 1.807) is 24.3 Å². The molecule has 1 saturated carbocycles. The molecule has 2 aromatic rings. The molecule has 2 N–H and O–H groups in total. The van der Waals surface area contributed by atoms with Crippen molar-refractivity contribution in [2.75, 3.05) is 5.75 Å². The van der Waals surface area contributed by atoms with E-state index in [9.17, 15) is 14.4 Å². The van der Waals surface area contributed by atoms with Crippen LogP contribution in [0.5, 0.6) is 0 Å². The molecule has 132 valence electrons. The van der Waals surface area contributed by atoms with E-state index >= 15 is 0 Å². The average molecular weight is 361 g/mol. The molecule has 1 heterocycles. The Bertz CT molecular complexity index is 876. The van der Waals surface area contributed by atoms with Crippen molar-refractivity contribution in [3.63, 3.8) is 0 Å². The van der Waals surface area contributed by atoms with Gasteiger partial charge >= 0.3 is 5.97 Å². The number of aromatic nitrogens is 2. The Balaban J connectivity index is 1.82. The maximum atomic E-state index is 12.6. The van der Waals surface area contributed by atoms with E-state index in [0.29, 0.717) is 16.8 Å². The molecule has 0 aliphatic heterocycles. The molecule has 3 rings (SSSR count). The van der Waals surface area contributed by atoms with Crippen molar-refractivity contribution in [3.05, 3.63) is 34.6 Å². The first-order valence-electron chi connectivity index (χ1n) is 8.09. The Hall–Kier alpha value is -2.35. The monoisotopic (exact) mass is 361 g/mol. The van der Waals surface area contributed by atoms with E-state index in [1.165, 1.54) is 0 Å². The lowest BCUT2D eigenvalue weighted by atomic mass is 10.2. The van der Waals surface area contributed by atoms with E-state index < -0.39 is 18.1 Å². The summed E-state index contributed by atoms with van der Waals surface area (Å²) >= 11 is 1.08. The summed E-state index contributed by atoms with van der Waals surface area (Å²) in [6, 6.07) is 6.91. The third kappa shape index (κ3) is 4.19. The second kappa shape index (κ2) is 7.26. The number of para-hydroxylation sites is 1. The molecular formula is C17H19N3O4S. The van der Waals surface area contributed by atoms with Crippen LogP contribution in [0.4, 0.5) is 0 Å². The van der Waals surface area contributed by atoms with Gasteiger partial charge in [-0.1, -0.05) is 23.9 Å². The van der Waals surface area contributed by atoms with E-state index in [0.717, 1.165) is 29.2 Å². The average Bonchev–Trinajstić information content (AvgIpc) is 3.40. The van der Waals surface area contributed by atoms with Gasteiger partial charge in [-0.2, -0.15) is 0 Å². The zero-order valence-corrected chi connectivity index (χ0v) is 14.6. The molecule has 8 heteroatoms. The van der Waals surface area contributed by atoms with Gasteiger partial charge in [0, 0.05) is 6.04 Å². The number of nitrogens with zero attached hydrogens (tertiary/aromatic N) is 2. The molecule has 0 unspecified atom stereocenters. The summed E-state index contributed by atoms with van der Waals surface area (Å²) in [5.74, 6) is -0.638. The van der Waals surface area contributed by atoms with E-state index in [1.807, 2.05) is 6.92 Å². The van der Waals surface area contributed by atoms with Gasteiger partial charge in [-0.25, -0.2) is 4.98 Å². The molecule has 1 fully saturated rings. The predicted octanol–water partition coefficient (Wildman–Crippen LogP) is 1.49. The first-order chi connectivity index (χ1) is 12.0. The van der Waals surface area contributed by atoms with Crippen LogP contribution in [0.1, 0.15) is 19.8 Å². The van der Waals surface area contributed by atoms with Gasteiger partial charge in [0.05, 0.1) is 16.7 Å². The summed E-state index contributed by atoms with van der Waals surface area (Å²) in [6.45, 7) is 1.49. The number of amides is 1. The first-order valence-corrected chi connectivity index (χ1v) is 9.08. The molecule has 1 aliphatic carbocycles. The van der Waals surface area contributed by atoms with E-state index in [2.05, 4.69) is 10.3 Å². The van der Waals surface area contributed by atoms with Crippen molar-refractivity contribution in [1.82, 2.24) is 14.9 Å². The molecule has 1 amide bonds. The van der Waals surface area contributed by atoms with Gasteiger partial charge in [0.25, 0.3) is 5.56 Å². The second-order valence-corrected chi connectivity index (χ2v) is 7.12. The lowest BCUT2D eigenvalue weighted by Crippen LogP contribution is -2.35. The first kappa shape index (κ1) is 17.5. The molecule has 0 radical (unpaired) electrons. The summed E-state index contributed by atoms with van der Waals surface area (Å²) in [4.78, 5) is 40.1. The molecule has 0 saturated heterocycles. The number of hydrogen-bond acceptors (Lipinski definition) is 5. The number of carbonyl (C=O) groups is 2. The molecule has 1 aliphatic rings. The fourth-order valence-electron chi connectivity index (χ4n) is 2.67. The van der Waals surface area contributed by atoms with Gasteiger partial charge < -0.3 is 10.4 Å². The molecular weight excluding hydrogens is 342 g/mol. The number of aliphatic carboxylic acids is 1. The Labute approximate surface area is 148 Å². The minimum Gasteiger partial charge on any atom is -0.480 e. The van der Waals surface area contributed by atoms with Crippen molar-refractivity contribution in [1.29, 1.82) is 0 Å². The number of carboxylic acid groups (broad SMARTS) is 1. The number of carbonyl (C=O) groups excluding carboxylic acids is 1. The maximum absolute atomic E-state index is 12.6. The quantitative estimate of drug-likeness (QED) is 0.572. The number of benzene rings is 1. The van der Waals surface area contributed by atoms with Gasteiger partial charge in [-0.05, 0) is 37.8 Å². The number of thioether (sulfide) groups is 1. The summed E-state index contributed by atoms with van der Waals surface area (Å²) in [5.41, 5.74) is 0.0747. The lowest BCUT2D eigenvalue weighted by Gasteiger charge is -2.14. The van der Waals surface area contributed by atoms with E-state index in [-0.39, 0.29) is 22.9 Å². The van der Waals surface area contributed by atoms with Crippen LogP contribution in [0.2, 0.25) is 0 Å². The minimum absolute atomic E-state index is 0.0848. The van der Waals surface area contributed by atoms with Crippen LogP contribution in [0.3, 0.4) is 0 Å². The van der Waals surface area contributed by atoms with E-state index in [4.69, 9.17) is 5.11 Å². The van der Waals surface area contributed by atoms with Gasteiger partial charge in [0.1, 0.15) is 6.54 Å². The van der Waals surface area contributed by atoms with Crippen LogP contribution in [-0.2, 0) is 16.1 Å². The van der Waals surface area contributed by atoms with Crippen LogP contribution in [0, 0.1) is 5.92 Å². The largest absolute Gasteiger partial charge is 0.480 e. The maximum Gasteiger partial charge on any atom is 0.323 e. The number of nitrogens with one attached hydrogen (secondary N) is 1. The zero-order chi connectivity index (χ0) is 18.0. The highest BCUT2D eigenvalue weighted by Gasteiger charge is 2.28. The van der Waals surface area contributed by atoms with Crippen molar-refractivity contribution >= 4 is 34.5 Å². The fourth-order valence-corrected chi connectivity index (χ4v) is 3.48. The third-order valence-electron chi connectivity index (χ3n) is 4.17. The highest BCUT2D eigenvalue weighted by molar-refractivity contribution is 7.99. The summed E-state index contributed by atoms with van der Waals surface area (Å²) in [7, 11) is 0. The number of fused-ring (bicyclic) bond motifs is 1. The summed E-state index contributed by atoms with van der Waals surface area (Å²) in [6.07, 6.45) is 2.28. The standard InChI is InChI=1S/C17H19N3O4S/c1-10(11-6-7-11)18-14(21)9-25-17-19-13-5-3-2-4-12(13)16(24)20(17)8-15(22)23/h2-5,10-11H,6-9H2,1H3,(H,18,21)(H,22,23)/t10-/m1/s1. The molecule has 1 atom stereocenters. The molecule has 7 nitrogen and oxygen atoms in total. The second-order valence-electron chi connectivity index (χ2n) is 6.18. The molecule has 0 bridgehead atoms. The third-order valence-corrected chi connectivity index (χ3v) is 5.15. The lowest BCUT2D eigenvalue weighted by molar-refractivity contribution is -0.137. The highest BCUT2D eigenvalue weighted by atomic mass is 32.2. The summed E-state index contributed by atoms with van der Waals surface area (Å²) in [5, 5.41) is 12.6. The Kier molecular flexibility index (Phi) is 5.08. The smallest absolute Gasteiger partial charge is 0.323 e. The number of hydrogen-bond donors (Lipinski definition) is 2. The van der Waals surface area contributed by atoms with Crippen LogP contribution in [0.15, 0.2) is 34.2 Å². The van der Waals surface area contributed by atoms with Crippen LogP contribution < -0.4 is 10.9 Å². The van der Waals surface area contributed by atoms with Crippen molar-refractivity contribution in [2.24, 2.45) is 5.92 Å². The summed E-state index contributed by atoms with van der Waals surface area (Å²) < 4.78 is 1.10. The van der Waals surface area contributed by atoms with Crippen LogP contribution >= 0.6 is 11.8 Å². The normalized spacial score (nSPS) is 15.1. The van der Waals surface area contributed by atoms with Crippen LogP contribution in [-0.4, -0.2) is 38.3 Å². The Morgan fingerprint density at radius 1 is 1.40 bits per heavy atom. The molecule has 0 spiro atoms. The zero-order valence-electron chi connectivity index (χ0n) is 13.8. The highest BCUT2D eigenvalue weighted by Crippen LogP contribution is 2.32. The Morgan fingerprint density at radius 2 is 2.12 bits per heavy atom. The Morgan fingerprint density at radius 3 is 2.80 bits per heavy atom. The van der Waals surface area contributed by atoms with Crippen molar-refractivity contribution in [2.45, 2.75) is 37.5 Å². The van der Waals surface area contributed by atoms with Gasteiger partial charge in [-0.15, -0.1) is 0 Å². The topological polar surface area (TPSA) is 101 Å². The fraction of sp³-hybridized carbons (Fsp3) is 0.412. The molecule has 25 heavy (non-hydrogen) atoms. The molecule has 1 aromatic heterocycles. The molecule has 1 aromatic carbocycles. The van der Waals surface area contributed by atoms with Gasteiger partial charge in [0.2, 0.25) is 5.91 Å². The predicted molar refractivity (Wildman–Crippen MR) is 94.7 cm³/mol.